The Bertz CT molecular complexity index is 767. The number of guanidine groups is 1. The maximum absolute atomic E-state index is 12.3. The number of aliphatic imine (C=N–C) groups is 1. The van der Waals surface area contributed by atoms with Gasteiger partial charge in [-0.25, -0.2) is 4.99 Å². The maximum Gasteiger partial charge on any atom is 0.251 e. The fourth-order valence-corrected chi connectivity index (χ4v) is 2.59. The zero-order chi connectivity index (χ0) is 20.2. The van der Waals surface area contributed by atoms with E-state index in [9.17, 15) is 4.79 Å². The lowest BCUT2D eigenvalue weighted by Gasteiger charge is -2.12. The monoisotopic (exact) mass is 509 g/mol. The molecule has 0 fully saturated rings. The summed E-state index contributed by atoms with van der Waals surface area (Å²) in [6.45, 7) is 8.14. The number of pyridine rings is 1. The van der Waals surface area contributed by atoms with E-state index in [1.165, 1.54) is 0 Å². The first kappa shape index (κ1) is 24.9. The summed E-state index contributed by atoms with van der Waals surface area (Å²) in [5, 5.41) is 9.58. The van der Waals surface area contributed by atoms with E-state index < -0.39 is 0 Å². The molecule has 6 nitrogen and oxygen atoms in total. The number of nitrogens with zero attached hydrogens (tertiary/aromatic N) is 2. The third-order valence-electron chi connectivity index (χ3n) is 4.34. The highest BCUT2D eigenvalue weighted by Gasteiger charge is 2.09. The molecule has 2 aromatic rings. The highest BCUT2D eigenvalue weighted by molar-refractivity contribution is 14.0. The summed E-state index contributed by atoms with van der Waals surface area (Å²) in [6, 6.07) is 13.7. The lowest BCUT2D eigenvalue weighted by Crippen LogP contribution is -2.38. The van der Waals surface area contributed by atoms with Gasteiger partial charge in [-0.2, -0.15) is 0 Å². The second-order valence-electron chi connectivity index (χ2n) is 6.68. The summed E-state index contributed by atoms with van der Waals surface area (Å²) in [6.07, 6.45) is 3.54. The van der Waals surface area contributed by atoms with Gasteiger partial charge in [0.05, 0.1) is 6.54 Å². The van der Waals surface area contributed by atoms with Crippen LogP contribution in [0.15, 0.2) is 53.7 Å². The first-order chi connectivity index (χ1) is 13.6. The van der Waals surface area contributed by atoms with Crippen molar-refractivity contribution < 1.29 is 4.79 Å². The molecule has 0 spiro atoms. The predicted molar refractivity (Wildman–Crippen MR) is 130 cm³/mol. The van der Waals surface area contributed by atoms with Gasteiger partial charge in [0.2, 0.25) is 0 Å². The lowest BCUT2D eigenvalue weighted by atomic mass is 10.1. The molecule has 2 rings (SSSR count). The average Bonchev–Trinajstić information content (AvgIpc) is 2.73. The molecule has 0 saturated carbocycles. The Morgan fingerprint density at radius 1 is 1.14 bits per heavy atom. The molecule has 1 unspecified atom stereocenters. The van der Waals surface area contributed by atoms with Gasteiger partial charge in [0, 0.05) is 43.0 Å². The second kappa shape index (κ2) is 13.9. The third kappa shape index (κ3) is 9.25. The van der Waals surface area contributed by atoms with E-state index in [4.69, 9.17) is 0 Å². The Labute approximate surface area is 191 Å². The molecule has 0 saturated heterocycles. The minimum Gasteiger partial charge on any atom is -0.357 e. The predicted octanol–water partition coefficient (Wildman–Crippen LogP) is 3.53. The van der Waals surface area contributed by atoms with Gasteiger partial charge < -0.3 is 16.0 Å². The SMILES string of the molecule is CCNC(=NCc1cccc(C(=O)NC(C)CC)c1)NCCc1ccccn1.I. The summed E-state index contributed by atoms with van der Waals surface area (Å²) >= 11 is 0. The van der Waals surface area contributed by atoms with E-state index in [0.29, 0.717) is 12.1 Å². The number of hydrogen-bond acceptors (Lipinski definition) is 3. The van der Waals surface area contributed by atoms with Crippen molar-refractivity contribution in [1.82, 2.24) is 20.9 Å². The third-order valence-corrected chi connectivity index (χ3v) is 4.34. The van der Waals surface area contributed by atoms with Crippen molar-refractivity contribution in [1.29, 1.82) is 0 Å². The molecule has 0 aliphatic rings. The molecular formula is C22H32IN5O. The van der Waals surface area contributed by atoms with Gasteiger partial charge in [-0.3, -0.25) is 9.78 Å². The van der Waals surface area contributed by atoms with Crippen LogP contribution in [-0.2, 0) is 13.0 Å². The van der Waals surface area contributed by atoms with Crippen LogP contribution in [0, 0.1) is 0 Å². The number of carbonyl (C=O) groups excluding carboxylic acids is 1. The first-order valence-electron chi connectivity index (χ1n) is 9.94. The van der Waals surface area contributed by atoms with Gasteiger partial charge in [-0.1, -0.05) is 25.1 Å². The number of halogens is 1. The molecule has 1 atom stereocenters. The fraction of sp³-hybridized carbons (Fsp3) is 0.409. The van der Waals surface area contributed by atoms with Gasteiger partial charge in [0.15, 0.2) is 5.96 Å². The fourth-order valence-electron chi connectivity index (χ4n) is 2.59. The van der Waals surface area contributed by atoms with Crippen molar-refractivity contribution in [2.75, 3.05) is 13.1 Å². The number of benzene rings is 1. The second-order valence-corrected chi connectivity index (χ2v) is 6.68. The van der Waals surface area contributed by atoms with E-state index in [0.717, 1.165) is 43.1 Å². The van der Waals surface area contributed by atoms with Crippen molar-refractivity contribution in [3.63, 3.8) is 0 Å². The van der Waals surface area contributed by atoms with E-state index >= 15 is 0 Å². The van der Waals surface area contributed by atoms with E-state index in [-0.39, 0.29) is 35.9 Å². The van der Waals surface area contributed by atoms with Crippen LogP contribution >= 0.6 is 24.0 Å². The molecule has 29 heavy (non-hydrogen) atoms. The van der Waals surface area contributed by atoms with Gasteiger partial charge in [0.25, 0.3) is 5.91 Å². The summed E-state index contributed by atoms with van der Waals surface area (Å²) in [5.41, 5.74) is 2.71. The molecule has 1 heterocycles. The van der Waals surface area contributed by atoms with Crippen LogP contribution in [0.3, 0.4) is 0 Å². The van der Waals surface area contributed by atoms with E-state index in [1.54, 1.807) is 6.20 Å². The molecular weight excluding hydrogens is 477 g/mol. The lowest BCUT2D eigenvalue weighted by molar-refractivity contribution is 0.0939. The Balaban J connectivity index is 0.00000420. The van der Waals surface area contributed by atoms with Crippen molar-refractivity contribution in [2.45, 2.75) is 46.2 Å². The number of rotatable bonds is 9. The normalized spacial score (nSPS) is 11.9. The minimum atomic E-state index is -0.0411. The molecule has 1 aromatic heterocycles. The van der Waals surface area contributed by atoms with Crippen LogP contribution in [0.2, 0.25) is 0 Å². The average molecular weight is 509 g/mol. The largest absolute Gasteiger partial charge is 0.357 e. The van der Waals surface area contributed by atoms with Crippen LogP contribution < -0.4 is 16.0 Å². The van der Waals surface area contributed by atoms with Crippen molar-refractivity contribution >= 4 is 35.8 Å². The number of carbonyl (C=O) groups is 1. The topological polar surface area (TPSA) is 78.4 Å². The molecule has 7 heteroatoms. The Morgan fingerprint density at radius 3 is 2.66 bits per heavy atom. The molecule has 0 radical (unpaired) electrons. The van der Waals surface area contributed by atoms with Crippen LogP contribution in [0.5, 0.6) is 0 Å². The summed E-state index contributed by atoms with van der Waals surface area (Å²) in [7, 11) is 0. The summed E-state index contributed by atoms with van der Waals surface area (Å²) < 4.78 is 0. The van der Waals surface area contributed by atoms with Gasteiger partial charge >= 0.3 is 0 Å². The Kier molecular flexibility index (Phi) is 11.9. The van der Waals surface area contributed by atoms with Crippen LogP contribution in [0.25, 0.3) is 0 Å². The van der Waals surface area contributed by atoms with Crippen molar-refractivity contribution in [3.8, 4) is 0 Å². The smallest absolute Gasteiger partial charge is 0.251 e. The van der Waals surface area contributed by atoms with Crippen LogP contribution in [0.4, 0.5) is 0 Å². The summed E-state index contributed by atoms with van der Waals surface area (Å²) in [5.74, 6) is 0.716. The number of aromatic nitrogens is 1. The van der Waals surface area contributed by atoms with Crippen molar-refractivity contribution in [3.05, 3.63) is 65.5 Å². The maximum atomic E-state index is 12.3. The van der Waals surface area contributed by atoms with Gasteiger partial charge in [-0.05, 0) is 50.1 Å². The highest BCUT2D eigenvalue weighted by Crippen LogP contribution is 2.07. The van der Waals surface area contributed by atoms with Crippen molar-refractivity contribution in [2.24, 2.45) is 4.99 Å². The van der Waals surface area contributed by atoms with E-state index in [1.807, 2.05) is 56.3 Å². The molecule has 1 aromatic carbocycles. The molecule has 1 amide bonds. The standard InChI is InChI=1S/C22H31N5O.HI/c1-4-17(3)27-21(28)19-10-8-9-18(15-19)16-26-22(23-5-2)25-14-12-20-11-6-7-13-24-20;/h6-11,13,15,17H,4-5,12,14,16H2,1-3H3,(H,27,28)(H2,23,25,26);1H. The molecule has 0 aliphatic carbocycles. The molecule has 3 N–H and O–H groups in total. The number of hydrogen-bond donors (Lipinski definition) is 3. The Morgan fingerprint density at radius 2 is 1.97 bits per heavy atom. The van der Waals surface area contributed by atoms with Crippen LogP contribution in [0.1, 0.15) is 48.8 Å². The van der Waals surface area contributed by atoms with Crippen LogP contribution in [-0.4, -0.2) is 36.0 Å². The summed E-state index contributed by atoms with van der Waals surface area (Å²) in [4.78, 5) is 21.3. The highest BCUT2D eigenvalue weighted by atomic mass is 127. The van der Waals surface area contributed by atoms with E-state index in [2.05, 4.69) is 32.9 Å². The molecule has 0 bridgehead atoms. The van der Waals surface area contributed by atoms with Gasteiger partial charge in [0.1, 0.15) is 0 Å². The zero-order valence-electron chi connectivity index (χ0n) is 17.4. The molecule has 158 valence electrons. The number of nitrogens with one attached hydrogen (secondary N) is 3. The number of amides is 1. The quantitative estimate of drug-likeness (QED) is 0.275. The minimum absolute atomic E-state index is 0. The molecule has 0 aliphatic heterocycles. The zero-order valence-corrected chi connectivity index (χ0v) is 19.8. The first-order valence-corrected chi connectivity index (χ1v) is 9.94. The van der Waals surface area contributed by atoms with Gasteiger partial charge in [-0.15, -0.1) is 24.0 Å². The Hall–Kier alpha value is -2.16.